The van der Waals surface area contributed by atoms with Crippen LogP contribution in [0.25, 0.3) is 0 Å². The second-order valence-electron chi connectivity index (χ2n) is 5.73. The quantitative estimate of drug-likeness (QED) is 0.502. The predicted octanol–water partition coefficient (Wildman–Crippen LogP) is 0.544. The molecule has 23 heavy (non-hydrogen) atoms. The van der Waals surface area contributed by atoms with E-state index in [-0.39, 0.29) is 12.0 Å². The maximum Gasteiger partial charge on any atom is 0.218 e. The summed E-state index contributed by atoms with van der Waals surface area (Å²) in [6.07, 6.45) is 3.38. The van der Waals surface area contributed by atoms with Gasteiger partial charge in [0.15, 0.2) is 5.96 Å². The van der Waals surface area contributed by atoms with Gasteiger partial charge in [-0.15, -0.1) is 0 Å². The molecule has 7 nitrogen and oxygen atoms in total. The van der Waals surface area contributed by atoms with Crippen molar-refractivity contribution >= 4 is 5.96 Å². The maximum atomic E-state index is 9.27. The SMILES string of the molecule is CN=C(NCc1cccnc1OC)NCC1(CCO)CCOC1. The summed E-state index contributed by atoms with van der Waals surface area (Å²) in [5.74, 6) is 1.32. The fourth-order valence-corrected chi connectivity index (χ4v) is 2.72. The first-order valence-corrected chi connectivity index (χ1v) is 7.84. The number of rotatable bonds is 7. The minimum atomic E-state index is -0.0155. The molecule has 1 unspecified atom stereocenters. The minimum Gasteiger partial charge on any atom is -0.481 e. The smallest absolute Gasteiger partial charge is 0.218 e. The van der Waals surface area contributed by atoms with Crippen molar-refractivity contribution in [2.24, 2.45) is 10.4 Å². The molecule has 1 aromatic heterocycles. The van der Waals surface area contributed by atoms with Gasteiger partial charge in [-0.25, -0.2) is 4.98 Å². The zero-order valence-electron chi connectivity index (χ0n) is 13.8. The number of hydrogen-bond donors (Lipinski definition) is 3. The Hall–Kier alpha value is -1.86. The lowest BCUT2D eigenvalue weighted by atomic mass is 9.84. The average molecular weight is 322 g/mol. The lowest BCUT2D eigenvalue weighted by molar-refractivity contribution is 0.127. The number of guanidine groups is 1. The van der Waals surface area contributed by atoms with Crippen molar-refractivity contribution in [3.05, 3.63) is 23.9 Å². The number of aliphatic hydroxyl groups excluding tert-OH is 1. The molecule has 1 saturated heterocycles. The first kappa shape index (κ1) is 17.5. The normalized spacial score (nSPS) is 21.3. The van der Waals surface area contributed by atoms with Gasteiger partial charge >= 0.3 is 0 Å². The van der Waals surface area contributed by atoms with E-state index in [0.717, 1.165) is 31.6 Å². The third-order valence-corrected chi connectivity index (χ3v) is 4.17. The highest BCUT2D eigenvalue weighted by Gasteiger charge is 2.34. The Morgan fingerprint density at radius 3 is 3.04 bits per heavy atom. The van der Waals surface area contributed by atoms with E-state index in [9.17, 15) is 5.11 Å². The van der Waals surface area contributed by atoms with Crippen LogP contribution in [0, 0.1) is 5.41 Å². The van der Waals surface area contributed by atoms with E-state index in [1.807, 2.05) is 12.1 Å². The summed E-state index contributed by atoms with van der Waals surface area (Å²) in [6.45, 7) is 2.89. The van der Waals surface area contributed by atoms with Gasteiger partial charge in [0.2, 0.25) is 5.88 Å². The Balaban J connectivity index is 1.88. The fourth-order valence-electron chi connectivity index (χ4n) is 2.72. The number of hydrogen-bond acceptors (Lipinski definition) is 5. The van der Waals surface area contributed by atoms with Gasteiger partial charge in [-0.3, -0.25) is 4.99 Å². The number of aliphatic hydroxyl groups is 1. The van der Waals surface area contributed by atoms with Crippen molar-refractivity contribution < 1.29 is 14.6 Å². The topological polar surface area (TPSA) is 88.0 Å². The van der Waals surface area contributed by atoms with Gasteiger partial charge in [-0.1, -0.05) is 6.07 Å². The van der Waals surface area contributed by atoms with Crippen LogP contribution in [0.4, 0.5) is 0 Å². The van der Waals surface area contributed by atoms with Crippen LogP contribution in [0.1, 0.15) is 18.4 Å². The van der Waals surface area contributed by atoms with Crippen LogP contribution in [-0.2, 0) is 11.3 Å². The van der Waals surface area contributed by atoms with Crippen molar-refractivity contribution in [3.8, 4) is 5.88 Å². The second kappa shape index (κ2) is 8.69. The molecule has 3 N–H and O–H groups in total. The summed E-state index contributed by atoms with van der Waals surface area (Å²) in [5, 5.41) is 15.9. The predicted molar refractivity (Wildman–Crippen MR) is 88.6 cm³/mol. The van der Waals surface area contributed by atoms with E-state index < -0.39 is 0 Å². The fraction of sp³-hybridized carbons (Fsp3) is 0.625. The van der Waals surface area contributed by atoms with Crippen LogP contribution in [0.3, 0.4) is 0 Å². The van der Waals surface area contributed by atoms with Crippen molar-refractivity contribution in [2.75, 3.05) is 40.5 Å². The summed E-state index contributed by atoms with van der Waals surface area (Å²) in [5.41, 5.74) is 0.950. The van der Waals surface area contributed by atoms with E-state index in [1.165, 1.54) is 0 Å². The van der Waals surface area contributed by atoms with Crippen LogP contribution in [0.2, 0.25) is 0 Å². The maximum absolute atomic E-state index is 9.27. The Bertz CT molecular complexity index is 516. The molecule has 2 rings (SSSR count). The zero-order chi connectivity index (χ0) is 16.5. The Kier molecular flexibility index (Phi) is 6.61. The van der Waals surface area contributed by atoms with Gasteiger partial charge in [0.25, 0.3) is 0 Å². The molecule has 0 bridgehead atoms. The second-order valence-corrected chi connectivity index (χ2v) is 5.73. The number of aromatic nitrogens is 1. The van der Waals surface area contributed by atoms with Gasteiger partial charge in [0.05, 0.1) is 13.7 Å². The van der Waals surface area contributed by atoms with Crippen molar-refractivity contribution in [3.63, 3.8) is 0 Å². The summed E-state index contributed by atoms with van der Waals surface area (Å²) >= 11 is 0. The molecule has 0 saturated carbocycles. The lowest BCUT2D eigenvalue weighted by Crippen LogP contribution is -2.44. The van der Waals surface area contributed by atoms with E-state index in [1.54, 1.807) is 20.4 Å². The van der Waals surface area contributed by atoms with Gasteiger partial charge in [-0.05, 0) is 18.9 Å². The molecule has 1 aliphatic rings. The Morgan fingerprint density at radius 1 is 1.52 bits per heavy atom. The number of nitrogens with one attached hydrogen (secondary N) is 2. The van der Waals surface area contributed by atoms with E-state index in [0.29, 0.717) is 25.0 Å². The van der Waals surface area contributed by atoms with Crippen LogP contribution in [-0.4, -0.2) is 56.6 Å². The molecule has 128 valence electrons. The Labute approximate surface area is 137 Å². The monoisotopic (exact) mass is 322 g/mol. The molecule has 1 aliphatic heterocycles. The average Bonchev–Trinajstić information content (AvgIpc) is 3.04. The summed E-state index contributed by atoms with van der Waals surface area (Å²) in [4.78, 5) is 8.42. The zero-order valence-corrected chi connectivity index (χ0v) is 13.8. The molecule has 0 radical (unpaired) electrons. The summed E-state index contributed by atoms with van der Waals surface area (Å²) < 4.78 is 10.7. The molecule has 7 heteroatoms. The van der Waals surface area contributed by atoms with E-state index >= 15 is 0 Å². The van der Waals surface area contributed by atoms with Crippen molar-refractivity contribution in [1.29, 1.82) is 0 Å². The van der Waals surface area contributed by atoms with Crippen molar-refractivity contribution in [1.82, 2.24) is 15.6 Å². The number of pyridine rings is 1. The van der Waals surface area contributed by atoms with Crippen LogP contribution < -0.4 is 15.4 Å². The van der Waals surface area contributed by atoms with Gasteiger partial charge in [0.1, 0.15) is 0 Å². The molecule has 1 aromatic rings. The molecule has 0 aromatic carbocycles. The third-order valence-electron chi connectivity index (χ3n) is 4.17. The highest BCUT2D eigenvalue weighted by atomic mass is 16.5. The summed E-state index contributed by atoms with van der Waals surface area (Å²) in [6, 6.07) is 3.84. The van der Waals surface area contributed by atoms with Gasteiger partial charge in [0, 0.05) is 50.5 Å². The molecular weight excluding hydrogens is 296 g/mol. The number of ether oxygens (including phenoxy) is 2. The van der Waals surface area contributed by atoms with E-state index in [4.69, 9.17) is 9.47 Å². The number of methoxy groups -OCH3 is 1. The molecule has 1 atom stereocenters. The van der Waals surface area contributed by atoms with Gasteiger partial charge in [-0.2, -0.15) is 0 Å². The largest absolute Gasteiger partial charge is 0.481 e. The standard InChI is InChI=1S/C16H26N4O3/c1-17-15(19-10-13-4-3-7-18-14(13)22-2)20-11-16(5-8-21)6-9-23-12-16/h3-4,7,21H,5-6,8-12H2,1-2H3,(H2,17,19,20). The number of aliphatic imine (C=N–C) groups is 1. The molecular formula is C16H26N4O3. The molecule has 0 aliphatic carbocycles. The van der Waals surface area contributed by atoms with E-state index in [2.05, 4.69) is 20.6 Å². The van der Waals surface area contributed by atoms with Gasteiger partial charge < -0.3 is 25.2 Å². The first-order chi connectivity index (χ1) is 11.2. The molecule has 0 spiro atoms. The molecule has 0 amide bonds. The minimum absolute atomic E-state index is 0.0155. The Morgan fingerprint density at radius 2 is 2.39 bits per heavy atom. The highest BCUT2D eigenvalue weighted by Crippen LogP contribution is 2.31. The first-order valence-electron chi connectivity index (χ1n) is 7.84. The highest BCUT2D eigenvalue weighted by molar-refractivity contribution is 5.79. The number of nitrogens with zero attached hydrogens (tertiary/aromatic N) is 2. The van der Waals surface area contributed by atoms with Crippen LogP contribution >= 0.6 is 0 Å². The van der Waals surface area contributed by atoms with Crippen LogP contribution in [0.15, 0.2) is 23.3 Å². The van der Waals surface area contributed by atoms with Crippen LogP contribution in [0.5, 0.6) is 5.88 Å². The third kappa shape index (κ3) is 4.80. The molecule has 2 heterocycles. The molecule has 1 fully saturated rings. The summed E-state index contributed by atoms with van der Waals surface area (Å²) in [7, 11) is 3.34. The van der Waals surface area contributed by atoms with Crippen molar-refractivity contribution in [2.45, 2.75) is 19.4 Å². The lowest BCUT2D eigenvalue weighted by Gasteiger charge is -2.27.